The van der Waals surface area contributed by atoms with Gasteiger partial charge in [-0.25, -0.2) is 0 Å². The molecule has 1 atom stereocenters. The van der Waals surface area contributed by atoms with Gasteiger partial charge in [-0.3, -0.25) is 0 Å². The molecule has 2 nitrogen and oxygen atoms in total. The Morgan fingerprint density at radius 1 is 1.31 bits per heavy atom. The number of benzene rings is 1. The van der Waals surface area contributed by atoms with Crippen LogP contribution in [0.15, 0.2) is 18.2 Å². The van der Waals surface area contributed by atoms with Gasteiger partial charge >= 0.3 is 0 Å². The Hall–Kier alpha value is -0.280. The first-order valence-corrected chi connectivity index (χ1v) is 6.33. The molecular weight excluding hydrogens is 243 g/mol. The fraction of sp³-hybridized carbons (Fsp3) is 0.500. The van der Waals surface area contributed by atoms with Crippen molar-refractivity contribution in [2.45, 2.75) is 25.8 Å². The van der Waals surface area contributed by atoms with Gasteiger partial charge in [-0.1, -0.05) is 36.2 Å². The largest absolute Gasteiger partial charge is 0.330 e. The number of nitrogens with one attached hydrogen (secondary N) is 1. The van der Waals surface area contributed by atoms with E-state index in [-0.39, 0.29) is 0 Å². The van der Waals surface area contributed by atoms with Crippen LogP contribution in [0.5, 0.6) is 0 Å². The summed E-state index contributed by atoms with van der Waals surface area (Å²) in [6, 6.07) is 6.10. The first-order valence-electron chi connectivity index (χ1n) is 5.57. The van der Waals surface area contributed by atoms with Crippen LogP contribution in [0.1, 0.15) is 31.4 Å². The minimum absolute atomic E-state index is 0.321. The maximum Gasteiger partial charge on any atom is 0.0595 e. The van der Waals surface area contributed by atoms with Crippen LogP contribution in [0.2, 0.25) is 10.0 Å². The van der Waals surface area contributed by atoms with Crippen LogP contribution in [-0.4, -0.2) is 13.1 Å². The van der Waals surface area contributed by atoms with E-state index < -0.39 is 0 Å². The summed E-state index contributed by atoms with van der Waals surface area (Å²) in [7, 11) is 0. The number of nitrogens with two attached hydrogens (primary N) is 1. The third-order valence-corrected chi connectivity index (χ3v) is 3.26. The summed E-state index contributed by atoms with van der Waals surface area (Å²) in [5.74, 6) is 0. The second-order valence-electron chi connectivity index (χ2n) is 3.73. The zero-order valence-corrected chi connectivity index (χ0v) is 11.0. The highest BCUT2D eigenvalue weighted by Crippen LogP contribution is 2.26. The highest BCUT2D eigenvalue weighted by atomic mass is 35.5. The van der Waals surface area contributed by atoms with Crippen LogP contribution < -0.4 is 11.1 Å². The summed E-state index contributed by atoms with van der Waals surface area (Å²) >= 11 is 11.9. The van der Waals surface area contributed by atoms with E-state index in [2.05, 4.69) is 12.2 Å². The number of halogens is 2. The molecule has 16 heavy (non-hydrogen) atoms. The van der Waals surface area contributed by atoms with Gasteiger partial charge in [0.1, 0.15) is 0 Å². The SMILES string of the molecule is CCC(NCCCN)c1ccc(Cl)c(Cl)c1. The minimum Gasteiger partial charge on any atom is -0.330 e. The summed E-state index contributed by atoms with van der Waals surface area (Å²) in [5.41, 5.74) is 6.64. The standard InChI is InChI=1S/C12H18Cl2N2/c1-2-12(16-7-3-6-15)9-4-5-10(13)11(14)8-9/h4-5,8,12,16H,2-3,6-7,15H2,1H3. The van der Waals surface area contributed by atoms with E-state index in [4.69, 9.17) is 28.9 Å². The Kier molecular flexibility index (Phi) is 6.14. The fourth-order valence-electron chi connectivity index (χ4n) is 1.61. The van der Waals surface area contributed by atoms with Gasteiger partial charge in [-0.15, -0.1) is 0 Å². The zero-order chi connectivity index (χ0) is 12.0. The highest BCUT2D eigenvalue weighted by molar-refractivity contribution is 6.42. The Morgan fingerprint density at radius 3 is 2.62 bits per heavy atom. The molecule has 0 heterocycles. The van der Waals surface area contributed by atoms with Crippen molar-refractivity contribution in [3.05, 3.63) is 33.8 Å². The van der Waals surface area contributed by atoms with Crippen LogP contribution in [0, 0.1) is 0 Å². The first-order chi connectivity index (χ1) is 7.69. The van der Waals surface area contributed by atoms with Crippen LogP contribution in [0.25, 0.3) is 0 Å². The average molecular weight is 261 g/mol. The molecule has 0 radical (unpaired) electrons. The predicted molar refractivity (Wildman–Crippen MR) is 71.2 cm³/mol. The molecule has 90 valence electrons. The van der Waals surface area contributed by atoms with Gasteiger partial charge in [0, 0.05) is 6.04 Å². The van der Waals surface area contributed by atoms with Gasteiger partial charge in [0.25, 0.3) is 0 Å². The topological polar surface area (TPSA) is 38.0 Å². The molecule has 1 aromatic rings. The Balaban J connectivity index is 2.67. The van der Waals surface area contributed by atoms with Crippen LogP contribution in [0.4, 0.5) is 0 Å². The van der Waals surface area contributed by atoms with Crippen molar-refractivity contribution in [3.8, 4) is 0 Å². The Bertz CT molecular complexity index is 329. The molecule has 0 aliphatic carbocycles. The van der Waals surface area contributed by atoms with Crippen molar-refractivity contribution in [1.29, 1.82) is 0 Å². The number of rotatable bonds is 6. The Morgan fingerprint density at radius 2 is 2.06 bits per heavy atom. The molecule has 1 rings (SSSR count). The van der Waals surface area contributed by atoms with Crippen LogP contribution >= 0.6 is 23.2 Å². The predicted octanol–water partition coefficient (Wildman–Crippen LogP) is 3.38. The molecule has 0 fully saturated rings. The van der Waals surface area contributed by atoms with E-state index >= 15 is 0 Å². The molecule has 0 aliphatic heterocycles. The van der Waals surface area contributed by atoms with Gasteiger partial charge in [0.15, 0.2) is 0 Å². The highest BCUT2D eigenvalue weighted by Gasteiger charge is 2.09. The van der Waals surface area contributed by atoms with Crippen LogP contribution in [0.3, 0.4) is 0 Å². The van der Waals surface area contributed by atoms with Gasteiger partial charge in [-0.05, 0) is 43.6 Å². The lowest BCUT2D eigenvalue weighted by molar-refractivity contribution is 0.513. The third kappa shape index (κ3) is 3.95. The third-order valence-electron chi connectivity index (χ3n) is 2.53. The van der Waals surface area contributed by atoms with E-state index in [1.807, 2.05) is 18.2 Å². The number of hydrogen-bond donors (Lipinski definition) is 2. The lowest BCUT2D eigenvalue weighted by Crippen LogP contribution is -2.23. The van der Waals surface area contributed by atoms with Gasteiger partial charge in [0.2, 0.25) is 0 Å². The maximum atomic E-state index is 6.00. The summed E-state index contributed by atoms with van der Waals surface area (Å²) in [5, 5.41) is 4.66. The van der Waals surface area contributed by atoms with E-state index in [0.29, 0.717) is 22.6 Å². The lowest BCUT2D eigenvalue weighted by atomic mass is 10.0. The molecule has 0 bridgehead atoms. The Labute approximate surface area is 107 Å². The van der Waals surface area contributed by atoms with E-state index in [9.17, 15) is 0 Å². The summed E-state index contributed by atoms with van der Waals surface area (Å²) in [6.07, 6.45) is 2.00. The van der Waals surface area contributed by atoms with Gasteiger partial charge in [0.05, 0.1) is 10.0 Å². The molecule has 0 amide bonds. The monoisotopic (exact) mass is 260 g/mol. The molecule has 1 aromatic carbocycles. The maximum absolute atomic E-state index is 6.00. The molecular formula is C12H18Cl2N2. The second kappa shape index (κ2) is 7.13. The fourth-order valence-corrected chi connectivity index (χ4v) is 1.91. The van der Waals surface area contributed by atoms with E-state index in [1.165, 1.54) is 5.56 Å². The first kappa shape index (κ1) is 13.8. The van der Waals surface area contributed by atoms with E-state index in [0.717, 1.165) is 19.4 Å². The van der Waals surface area contributed by atoms with Gasteiger partial charge < -0.3 is 11.1 Å². The van der Waals surface area contributed by atoms with E-state index in [1.54, 1.807) is 0 Å². The minimum atomic E-state index is 0.321. The van der Waals surface area contributed by atoms with Crippen molar-refractivity contribution < 1.29 is 0 Å². The molecule has 0 saturated carbocycles. The molecule has 0 aliphatic rings. The van der Waals surface area contributed by atoms with Crippen molar-refractivity contribution in [3.63, 3.8) is 0 Å². The summed E-state index contributed by atoms with van der Waals surface area (Å²) in [4.78, 5) is 0. The molecule has 0 spiro atoms. The van der Waals surface area contributed by atoms with Gasteiger partial charge in [-0.2, -0.15) is 0 Å². The van der Waals surface area contributed by atoms with Crippen molar-refractivity contribution in [1.82, 2.24) is 5.32 Å². The van der Waals surface area contributed by atoms with Crippen molar-refractivity contribution >= 4 is 23.2 Å². The smallest absolute Gasteiger partial charge is 0.0595 e. The molecule has 3 N–H and O–H groups in total. The summed E-state index contributed by atoms with van der Waals surface area (Å²) in [6.45, 7) is 3.78. The molecule has 1 unspecified atom stereocenters. The van der Waals surface area contributed by atoms with Crippen molar-refractivity contribution in [2.24, 2.45) is 5.73 Å². The van der Waals surface area contributed by atoms with Crippen molar-refractivity contribution in [2.75, 3.05) is 13.1 Å². The molecule has 0 saturated heterocycles. The average Bonchev–Trinajstić information content (AvgIpc) is 2.29. The molecule has 0 aromatic heterocycles. The number of hydrogen-bond acceptors (Lipinski definition) is 2. The zero-order valence-electron chi connectivity index (χ0n) is 9.47. The van der Waals surface area contributed by atoms with Crippen LogP contribution in [-0.2, 0) is 0 Å². The molecule has 4 heteroatoms. The lowest BCUT2D eigenvalue weighted by Gasteiger charge is -2.17. The summed E-state index contributed by atoms with van der Waals surface area (Å²) < 4.78 is 0. The second-order valence-corrected chi connectivity index (χ2v) is 4.55. The normalized spacial score (nSPS) is 12.8. The quantitative estimate of drug-likeness (QED) is 0.770.